The molecule has 1 aromatic heterocycles. The van der Waals surface area contributed by atoms with Crippen molar-refractivity contribution in [3.63, 3.8) is 0 Å². The maximum absolute atomic E-state index is 14.9. The molecule has 1 unspecified atom stereocenters. The van der Waals surface area contributed by atoms with Crippen LogP contribution in [0.3, 0.4) is 0 Å². The normalized spacial score (nSPS) is 26.7. The second kappa shape index (κ2) is 9.75. The maximum Gasteiger partial charge on any atom is 0.194 e. The van der Waals surface area contributed by atoms with Gasteiger partial charge in [0.15, 0.2) is 17.5 Å². The van der Waals surface area contributed by atoms with E-state index in [1.54, 1.807) is 6.08 Å². The van der Waals surface area contributed by atoms with Gasteiger partial charge in [-0.3, -0.25) is 4.98 Å². The first-order valence-corrected chi connectivity index (χ1v) is 12.5. The van der Waals surface area contributed by atoms with Gasteiger partial charge in [0, 0.05) is 35.9 Å². The average Bonchev–Trinajstić information content (AvgIpc) is 2.89. The van der Waals surface area contributed by atoms with Gasteiger partial charge in [-0.05, 0) is 42.2 Å². The number of rotatable bonds is 8. The number of para-hydroxylation sites is 1. The summed E-state index contributed by atoms with van der Waals surface area (Å²) in [6.45, 7) is 8.50. The summed E-state index contributed by atoms with van der Waals surface area (Å²) in [5.41, 5.74) is 2.19. The fourth-order valence-electron chi connectivity index (χ4n) is 6.62. The molecule has 0 N–H and O–H groups in total. The van der Waals surface area contributed by atoms with E-state index in [0.29, 0.717) is 29.5 Å². The molecule has 3 aliphatic rings. The lowest BCUT2D eigenvalue weighted by molar-refractivity contribution is -0.986. The van der Waals surface area contributed by atoms with Gasteiger partial charge in [-0.15, -0.1) is 6.58 Å². The Morgan fingerprint density at radius 1 is 1.14 bits per heavy atom. The molecule has 35 heavy (non-hydrogen) atoms. The van der Waals surface area contributed by atoms with Crippen molar-refractivity contribution in [3.8, 4) is 0 Å². The minimum Gasteiger partial charge on any atom is -0.363 e. The summed E-state index contributed by atoms with van der Waals surface area (Å²) in [7, 11) is 0. The number of ether oxygens (including phenoxy) is 1. The lowest BCUT2D eigenvalue weighted by Gasteiger charge is -2.59. The summed E-state index contributed by atoms with van der Waals surface area (Å²) in [5, 5.41) is 1.04. The molecule has 6 heteroatoms. The number of pyridine rings is 1. The lowest BCUT2D eigenvalue weighted by atomic mass is 9.70. The molecule has 3 fully saturated rings. The van der Waals surface area contributed by atoms with Gasteiger partial charge in [-0.2, -0.15) is 0 Å². The van der Waals surface area contributed by atoms with Crippen molar-refractivity contribution in [3.05, 3.63) is 89.9 Å². The quantitative estimate of drug-likeness (QED) is 0.202. The fourth-order valence-corrected chi connectivity index (χ4v) is 6.62. The first-order chi connectivity index (χ1) is 17.0. The number of benzene rings is 2. The lowest BCUT2D eigenvalue weighted by Crippen LogP contribution is -2.68. The third kappa shape index (κ3) is 4.27. The van der Waals surface area contributed by atoms with Gasteiger partial charge in [-0.1, -0.05) is 31.2 Å². The summed E-state index contributed by atoms with van der Waals surface area (Å²) < 4.78 is 49.9. The van der Waals surface area contributed by atoms with Gasteiger partial charge >= 0.3 is 0 Å². The zero-order chi connectivity index (χ0) is 24.6. The molecule has 184 valence electrons. The molecule has 0 saturated carbocycles. The molecule has 0 amide bonds. The molecule has 3 aromatic rings. The van der Waals surface area contributed by atoms with E-state index in [9.17, 15) is 13.2 Å². The number of piperidine rings is 3. The van der Waals surface area contributed by atoms with Crippen LogP contribution in [0.15, 0.2) is 61.3 Å². The molecular weight excluding hydrogens is 449 g/mol. The Balaban J connectivity index is 1.61. The topological polar surface area (TPSA) is 22.1 Å². The number of hydrogen-bond donors (Lipinski definition) is 0. The highest BCUT2D eigenvalue weighted by atomic mass is 19.2. The zero-order valence-electron chi connectivity index (χ0n) is 20.1. The molecule has 6 rings (SSSR count). The van der Waals surface area contributed by atoms with Crippen LogP contribution in [0, 0.1) is 29.3 Å². The average molecular weight is 482 g/mol. The van der Waals surface area contributed by atoms with E-state index in [-0.39, 0.29) is 17.7 Å². The van der Waals surface area contributed by atoms with Crippen molar-refractivity contribution >= 4 is 10.9 Å². The second-order valence-electron chi connectivity index (χ2n) is 10.1. The van der Waals surface area contributed by atoms with E-state index >= 15 is 0 Å². The number of fused-ring (bicyclic) bond motifs is 4. The number of quaternary nitrogens is 1. The van der Waals surface area contributed by atoms with Crippen LogP contribution in [-0.4, -0.2) is 35.2 Å². The first kappa shape index (κ1) is 24.0. The van der Waals surface area contributed by atoms with E-state index < -0.39 is 17.5 Å². The molecule has 3 nitrogen and oxygen atoms in total. The first-order valence-electron chi connectivity index (χ1n) is 12.5. The molecule has 0 radical (unpaired) electrons. The van der Waals surface area contributed by atoms with Crippen LogP contribution in [0.25, 0.3) is 10.9 Å². The van der Waals surface area contributed by atoms with Crippen molar-refractivity contribution < 1.29 is 22.4 Å². The van der Waals surface area contributed by atoms with Crippen LogP contribution in [-0.2, 0) is 11.3 Å². The molecule has 0 aliphatic carbocycles. The van der Waals surface area contributed by atoms with Crippen molar-refractivity contribution in [1.82, 2.24) is 4.98 Å². The van der Waals surface area contributed by atoms with Crippen molar-refractivity contribution in [2.45, 2.75) is 44.9 Å². The Kier molecular flexibility index (Phi) is 6.69. The summed E-state index contributed by atoms with van der Waals surface area (Å²) in [4.78, 5) is 4.53. The SMILES string of the molecule is C=CCO[C@H](c1ccnc2ccccc12)[C@H]1C[C@H]2CC[N+]1(Cc1ccc(F)c(F)c1F)C[C@H]2CC. The fraction of sp³-hybridized carbons (Fsp3) is 0.414. The smallest absolute Gasteiger partial charge is 0.194 e. The summed E-state index contributed by atoms with van der Waals surface area (Å²) in [6, 6.07) is 12.5. The predicted octanol–water partition coefficient (Wildman–Crippen LogP) is 6.73. The van der Waals surface area contributed by atoms with Crippen LogP contribution in [0.5, 0.6) is 0 Å². The van der Waals surface area contributed by atoms with Crippen LogP contribution in [0.2, 0.25) is 0 Å². The Morgan fingerprint density at radius 3 is 2.77 bits per heavy atom. The van der Waals surface area contributed by atoms with Gasteiger partial charge in [-0.25, -0.2) is 13.2 Å². The van der Waals surface area contributed by atoms with E-state index in [1.807, 2.05) is 30.5 Å². The molecule has 2 aromatic carbocycles. The summed E-state index contributed by atoms with van der Waals surface area (Å²) >= 11 is 0. The van der Waals surface area contributed by atoms with Crippen LogP contribution >= 0.6 is 0 Å². The highest BCUT2D eigenvalue weighted by Crippen LogP contribution is 2.49. The highest BCUT2D eigenvalue weighted by Gasteiger charge is 2.55. The summed E-state index contributed by atoms with van der Waals surface area (Å²) in [5.74, 6) is -2.53. The van der Waals surface area contributed by atoms with E-state index in [0.717, 1.165) is 54.9 Å². The molecule has 5 atom stereocenters. The Hall–Kier alpha value is -2.70. The third-order valence-electron chi connectivity index (χ3n) is 8.31. The van der Waals surface area contributed by atoms with Gasteiger partial charge in [0.25, 0.3) is 0 Å². The molecule has 3 aliphatic heterocycles. The minimum absolute atomic E-state index is 0.0508. The standard InChI is InChI=1S/C29H32F3N2O/c1-3-15-35-29(23-11-13-33-25-8-6-5-7-22(23)25)26-16-20-12-14-34(26,17-19(20)4-2)18-21-9-10-24(30)28(32)27(21)31/h3,5-11,13,19-20,26,29H,1,4,12,14-18H2,2H3/q+1/t19-,20-,26-,29-,34?/m1/s1. The monoisotopic (exact) mass is 481 g/mol. The Morgan fingerprint density at radius 2 is 1.97 bits per heavy atom. The van der Waals surface area contributed by atoms with E-state index in [2.05, 4.69) is 24.6 Å². The number of hydrogen-bond acceptors (Lipinski definition) is 2. The van der Waals surface area contributed by atoms with Crippen molar-refractivity contribution in [2.75, 3.05) is 19.7 Å². The third-order valence-corrected chi connectivity index (χ3v) is 8.31. The Labute approximate surface area is 204 Å². The molecule has 4 heterocycles. The minimum atomic E-state index is -1.39. The van der Waals surface area contributed by atoms with Gasteiger partial charge in [0.1, 0.15) is 18.7 Å². The largest absolute Gasteiger partial charge is 0.363 e. The zero-order valence-corrected chi connectivity index (χ0v) is 20.1. The van der Waals surface area contributed by atoms with Gasteiger partial charge in [0.05, 0.1) is 25.2 Å². The van der Waals surface area contributed by atoms with E-state index in [1.165, 1.54) is 6.07 Å². The maximum atomic E-state index is 14.9. The number of aromatic nitrogens is 1. The van der Waals surface area contributed by atoms with Crippen LogP contribution in [0.1, 0.15) is 43.4 Å². The van der Waals surface area contributed by atoms with Gasteiger partial charge in [0.2, 0.25) is 0 Å². The van der Waals surface area contributed by atoms with E-state index in [4.69, 9.17) is 4.74 Å². The van der Waals surface area contributed by atoms with Crippen molar-refractivity contribution in [1.29, 1.82) is 0 Å². The predicted molar refractivity (Wildman–Crippen MR) is 131 cm³/mol. The summed E-state index contributed by atoms with van der Waals surface area (Å²) in [6.07, 6.45) is 6.35. The molecule has 3 saturated heterocycles. The highest BCUT2D eigenvalue weighted by molar-refractivity contribution is 5.82. The van der Waals surface area contributed by atoms with Crippen LogP contribution in [0.4, 0.5) is 13.2 Å². The second-order valence-corrected chi connectivity index (χ2v) is 10.1. The van der Waals surface area contributed by atoms with Crippen molar-refractivity contribution in [2.24, 2.45) is 11.8 Å². The molecule has 0 spiro atoms. The number of halogens is 3. The Bertz CT molecular complexity index is 1230. The molecular formula is C29H32F3N2O+. The molecule has 2 bridgehead atoms. The van der Waals surface area contributed by atoms with Gasteiger partial charge < -0.3 is 9.22 Å². The van der Waals surface area contributed by atoms with Crippen LogP contribution < -0.4 is 0 Å². The number of nitrogens with zero attached hydrogens (tertiary/aromatic N) is 2.